The van der Waals surface area contributed by atoms with Crippen molar-refractivity contribution < 1.29 is 9.50 Å². The summed E-state index contributed by atoms with van der Waals surface area (Å²) in [5, 5.41) is 10.5. The molecule has 0 spiro atoms. The molecule has 1 saturated carbocycles. The van der Waals surface area contributed by atoms with Gasteiger partial charge in [-0.15, -0.1) is 0 Å². The van der Waals surface area contributed by atoms with Gasteiger partial charge in [-0.25, -0.2) is 4.39 Å². The zero-order chi connectivity index (χ0) is 10.3. The first-order valence-electron chi connectivity index (χ1n) is 4.69. The number of hydrogen-bond acceptors (Lipinski definition) is 1. The molecule has 1 nitrogen and oxygen atoms in total. The van der Waals surface area contributed by atoms with Crippen LogP contribution in [0.15, 0.2) is 18.2 Å². The molecule has 1 fully saturated rings. The lowest BCUT2D eigenvalue weighted by atomic mass is 9.91. The van der Waals surface area contributed by atoms with Gasteiger partial charge in [-0.3, -0.25) is 0 Å². The van der Waals surface area contributed by atoms with E-state index in [1.807, 2.05) is 0 Å². The standard InChI is InChI=1S/C11H12ClFO/c1-11(14,7-2-3-7)8-4-9(12)6-10(13)5-8/h4-7,14H,2-3H2,1H3/t11-/m0/s1. The number of halogens is 2. The van der Waals surface area contributed by atoms with Gasteiger partial charge in [-0.1, -0.05) is 11.6 Å². The molecule has 1 aliphatic rings. The zero-order valence-corrected chi connectivity index (χ0v) is 8.68. The highest BCUT2D eigenvalue weighted by molar-refractivity contribution is 6.30. The quantitative estimate of drug-likeness (QED) is 0.802. The Morgan fingerprint density at radius 2 is 2.07 bits per heavy atom. The third kappa shape index (κ3) is 1.77. The van der Waals surface area contributed by atoms with Gasteiger partial charge >= 0.3 is 0 Å². The highest BCUT2D eigenvalue weighted by atomic mass is 35.5. The van der Waals surface area contributed by atoms with Crippen molar-refractivity contribution in [2.75, 3.05) is 0 Å². The molecule has 0 unspecified atom stereocenters. The Labute approximate surface area is 87.5 Å². The van der Waals surface area contributed by atoms with Crippen LogP contribution in [-0.2, 0) is 5.60 Å². The van der Waals surface area contributed by atoms with Gasteiger partial charge in [0.05, 0.1) is 5.60 Å². The van der Waals surface area contributed by atoms with E-state index in [2.05, 4.69) is 0 Å². The summed E-state index contributed by atoms with van der Waals surface area (Å²) in [6.07, 6.45) is 2.00. The highest BCUT2D eigenvalue weighted by Gasteiger charge is 2.41. The molecule has 0 aliphatic heterocycles. The van der Waals surface area contributed by atoms with Gasteiger partial charge in [-0.2, -0.15) is 0 Å². The van der Waals surface area contributed by atoms with Crippen LogP contribution in [0.2, 0.25) is 5.02 Å². The molecule has 0 heterocycles. The van der Waals surface area contributed by atoms with Crippen molar-refractivity contribution >= 4 is 11.6 Å². The average molecular weight is 215 g/mol. The molecular formula is C11H12ClFO. The predicted molar refractivity (Wildman–Crippen MR) is 53.7 cm³/mol. The van der Waals surface area contributed by atoms with Crippen LogP contribution in [0.1, 0.15) is 25.3 Å². The highest BCUT2D eigenvalue weighted by Crippen LogP contribution is 2.45. The summed E-state index contributed by atoms with van der Waals surface area (Å²) in [7, 11) is 0. The Balaban J connectivity index is 2.39. The molecule has 1 atom stereocenters. The summed E-state index contributed by atoms with van der Waals surface area (Å²) in [5.41, 5.74) is -0.365. The minimum absolute atomic E-state index is 0.250. The molecule has 1 aromatic rings. The third-order valence-electron chi connectivity index (χ3n) is 2.82. The molecule has 14 heavy (non-hydrogen) atoms. The first-order chi connectivity index (χ1) is 6.50. The predicted octanol–water partition coefficient (Wildman–Crippen LogP) is 3.10. The maximum absolute atomic E-state index is 13.0. The fourth-order valence-corrected chi connectivity index (χ4v) is 1.95. The lowest BCUT2D eigenvalue weighted by Gasteiger charge is -2.23. The van der Waals surface area contributed by atoms with Crippen molar-refractivity contribution in [2.24, 2.45) is 5.92 Å². The fraction of sp³-hybridized carbons (Fsp3) is 0.455. The van der Waals surface area contributed by atoms with E-state index in [9.17, 15) is 9.50 Å². The molecule has 0 aromatic heterocycles. The number of hydrogen-bond donors (Lipinski definition) is 1. The van der Waals surface area contributed by atoms with Crippen LogP contribution in [0.25, 0.3) is 0 Å². The molecule has 0 radical (unpaired) electrons. The molecular weight excluding hydrogens is 203 g/mol. The molecule has 76 valence electrons. The van der Waals surface area contributed by atoms with Crippen molar-refractivity contribution in [1.82, 2.24) is 0 Å². The normalized spacial score (nSPS) is 20.6. The van der Waals surface area contributed by atoms with Crippen molar-refractivity contribution in [3.8, 4) is 0 Å². The molecule has 0 amide bonds. The third-order valence-corrected chi connectivity index (χ3v) is 3.04. The number of rotatable bonds is 2. The van der Waals surface area contributed by atoms with Gasteiger partial charge in [0.1, 0.15) is 5.82 Å². The number of benzene rings is 1. The Morgan fingerprint density at radius 1 is 1.43 bits per heavy atom. The second-order valence-electron chi connectivity index (χ2n) is 4.08. The average Bonchev–Trinajstić information content (AvgIpc) is 2.83. The van der Waals surface area contributed by atoms with Gasteiger partial charge in [0.25, 0.3) is 0 Å². The van der Waals surface area contributed by atoms with Crippen LogP contribution in [0, 0.1) is 11.7 Å². The summed E-state index contributed by atoms with van der Waals surface area (Å²) < 4.78 is 13.0. The Hall–Kier alpha value is -0.600. The van der Waals surface area contributed by atoms with Gasteiger partial charge < -0.3 is 5.11 Å². The van der Waals surface area contributed by atoms with Gasteiger partial charge in [0.2, 0.25) is 0 Å². The van der Waals surface area contributed by atoms with Gasteiger partial charge in [0.15, 0.2) is 0 Å². The van der Waals surface area contributed by atoms with Gasteiger partial charge in [0, 0.05) is 5.02 Å². The summed E-state index contributed by atoms with van der Waals surface area (Å²) in [6.45, 7) is 1.72. The van der Waals surface area contributed by atoms with Crippen LogP contribution in [0.4, 0.5) is 4.39 Å². The van der Waals surface area contributed by atoms with E-state index >= 15 is 0 Å². The Bertz CT molecular complexity index is 338. The lowest BCUT2D eigenvalue weighted by Crippen LogP contribution is -2.23. The van der Waals surface area contributed by atoms with E-state index in [1.165, 1.54) is 12.1 Å². The van der Waals surface area contributed by atoms with E-state index in [0.29, 0.717) is 10.6 Å². The minimum Gasteiger partial charge on any atom is -0.385 e. The monoisotopic (exact) mass is 214 g/mol. The molecule has 1 aromatic carbocycles. The van der Waals surface area contributed by atoms with Crippen molar-refractivity contribution in [2.45, 2.75) is 25.4 Å². The second-order valence-corrected chi connectivity index (χ2v) is 4.52. The van der Waals surface area contributed by atoms with Crippen molar-refractivity contribution in [3.05, 3.63) is 34.6 Å². The first kappa shape index (κ1) is 9.94. The molecule has 1 aliphatic carbocycles. The Morgan fingerprint density at radius 3 is 2.57 bits per heavy atom. The van der Waals surface area contributed by atoms with Crippen LogP contribution in [0.5, 0.6) is 0 Å². The molecule has 0 saturated heterocycles. The topological polar surface area (TPSA) is 20.2 Å². The van der Waals surface area contributed by atoms with E-state index in [-0.39, 0.29) is 5.92 Å². The van der Waals surface area contributed by atoms with Crippen molar-refractivity contribution in [3.63, 3.8) is 0 Å². The maximum Gasteiger partial charge on any atom is 0.125 e. The van der Waals surface area contributed by atoms with E-state index < -0.39 is 11.4 Å². The molecule has 2 rings (SSSR count). The summed E-state index contributed by atoms with van der Waals surface area (Å²) in [6, 6.07) is 4.22. The summed E-state index contributed by atoms with van der Waals surface area (Å²) in [5.74, 6) is -0.145. The minimum atomic E-state index is -0.939. The van der Waals surface area contributed by atoms with Crippen molar-refractivity contribution in [1.29, 1.82) is 0 Å². The smallest absolute Gasteiger partial charge is 0.125 e. The van der Waals surface area contributed by atoms with Crippen LogP contribution >= 0.6 is 11.6 Å². The maximum atomic E-state index is 13.0. The second kappa shape index (κ2) is 3.21. The molecule has 0 bridgehead atoms. The molecule has 1 N–H and O–H groups in total. The SMILES string of the molecule is C[C@@](O)(c1cc(F)cc(Cl)c1)C1CC1. The summed E-state index contributed by atoms with van der Waals surface area (Å²) >= 11 is 5.73. The first-order valence-corrected chi connectivity index (χ1v) is 5.07. The fourth-order valence-electron chi connectivity index (χ4n) is 1.73. The largest absolute Gasteiger partial charge is 0.385 e. The molecule has 3 heteroatoms. The lowest BCUT2D eigenvalue weighted by molar-refractivity contribution is 0.0328. The van der Waals surface area contributed by atoms with Crippen LogP contribution in [0.3, 0.4) is 0 Å². The number of aliphatic hydroxyl groups is 1. The summed E-state index contributed by atoms with van der Waals surface area (Å²) in [4.78, 5) is 0. The zero-order valence-electron chi connectivity index (χ0n) is 7.93. The van der Waals surface area contributed by atoms with E-state index in [4.69, 9.17) is 11.6 Å². The van der Waals surface area contributed by atoms with Crippen LogP contribution < -0.4 is 0 Å². The van der Waals surface area contributed by atoms with E-state index in [1.54, 1.807) is 13.0 Å². The Kier molecular flexibility index (Phi) is 2.28. The van der Waals surface area contributed by atoms with Crippen LogP contribution in [-0.4, -0.2) is 5.11 Å². The van der Waals surface area contributed by atoms with Gasteiger partial charge in [-0.05, 0) is 49.4 Å². The van der Waals surface area contributed by atoms with E-state index in [0.717, 1.165) is 12.8 Å².